The van der Waals surface area contributed by atoms with Crippen molar-refractivity contribution in [2.24, 2.45) is 0 Å². The second kappa shape index (κ2) is 10.2. The van der Waals surface area contributed by atoms with Crippen LogP contribution in [0.25, 0.3) is 0 Å². The Bertz CT molecular complexity index is 753. The Morgan fingerprint density at radius 2 is 2.00 bits per heavy atom. The van der Waals surface area contributed by atoms with Crippen molar-refractivity contribution in [2.45, 2.75) is 31.2 Å². The summed E-state index contributed by atoms with van der Waals surface area (Å²) < 4.78 is 10.2. The molecule has 9 heteroatoms. The largest absolute Gasteiger partial charge is 0.463 e. The Balaban J connectivity index is 1.91. The summed E-state index contributed by atoms with van der Waals surface area (Å²) in [4.78, 5) is 36.6. The molecule has 0 saturated carbocycles. The highest BCUT2D eigenvalue weighted by molar-refractivity contribution is 7.99. The molecule has 1 aromatic rings. The second-order valence-corrected chi connectivity index (χ2v) is 7.17. The molecule has 7 nitrogen and oxygen atoms in total. The molecular formula is C18H21ClN2O5S. The zero-order valence-corrected chi connectivity index (χ0v) is 16.6. The number of amides is 2. The average Bonchev–Trinajstić information content (AvgIpc) is 2.61. The molecular weight excluding hydrogens is 392 g/mol. The minimum absolute atomic E-state index is 0.166. The van der Waals surface area contributed by atoms with E-state index in [1.54, 1.807) is 19.9 Å². The Labute approximate surface area is 166 Å². The zero-order chi connectivity index (χ0) is 19.8. The summed E-state index contributed by atoms with van der Waals surface area (Å²) in [6.45, 7) is 3.35. The first kappa shape index (κ1) is 21.1. The van der Waals surface area contributed by atoms with Gasteiger partial charge >= 0.3 is 18.0 Å². The van der Waals surface area contributed by atoms with Crippen LogP contribution in [0.15, 0.2) is 40.4 Å². The van der Waals surface area contributed by atoms with Gasteiger partial charge in [-0.1, -0.05) is 23.7 Å². The summed E-state index contributed by atoms with van der Waals surface area (Å²) >= 11 is 7.52. The number of nitrogens with one attached hydrogen (secondary N) is 2. The number of carbonyl (C=O) groups excluding carboxylic acids is 3. The van der Waals surface area contributed by atoms with Crippen molar-refractivity contribution >= 4 is 41.3 Å². The maximum atomic E-state index is 12.1. The number of rotatable bonds is 8. The first-order chi connectivity index (χ1) is 12.9. The third kappa shape index (κ3) is 6.18. The predicted molar refractivity (Wildman–Crippen MR) is 103 cm³/mol. The first-order valence-corrected chi connectivity index (χ1v) is 9.79. The van der Waals surface area contributed by atoms with Crippen molar-refractivity contribution < 1.29 is 23.9 Å². The number of hydrogen-bond donors (Lipinski definition) is 2. The van der Waals surface area contributed by atoms with Gasteiger partial charge in [0.15, 0.2) is 0 Å². The van der Waals surface area contributed by atoms with E-state index in [0.29, 0.717) is 10.8 Å². The monoisotopic (exact) mass is 412 g/mol. The fraction of sp³-hybridized carbons (Fsp3) is 0.389. The van der Waals surface area contributed by atoms with Crippen LogP contribution in [-0.4, -0.2) is 43.0 Å². The topological polar surface area (TPSA) is 93.7 Å². The third-order valence-corrected chi connectivity index (χ3v) is 5.16. The van der Waals surface area contributed by atoms with E-state index < -0.39 is 24.0 Å². The van der Waals surface area contributed by atoms with E-state index in [2.05, 4.69) is 10.6 Å². The Morgan fingerprint density at radius 3 is 2.70 bits per heavy atom. The van der Waals surface area contributed by atoms with Gasteiger partial charge in [-0.05, 0) is 26.0 Å². The van der Waals surface area contributed by atoms with Gasteiger partial charge in [0.1, 0.15) is 6.61 Å². The molecule has 1 unspecified atom stereocenters. The summed E-state index contributed by atoms with van der Waals surface area (Å²) in [5, 5.41) is 5.72. The number of halogens is 1. The number of thioether (sulfide) groups is 1. The molecule has 0 radical (unpaired) electrons. The van der Waals surface area contributed by atoms with Crippen molar-refractivity contribution in [3.05, 3.63) is 40.6 Å². The molecule has 146 valence electrons. The lowest BCUT2D eigenvalue weighted by Gasteiger charge is -2.26. The number of urea groups is 1. The van der Waals surface area contributed by atoms with Gasteiger partial charge in [0, 0.05) is 10.6 Å². The molecule has 27 heavy (non-hydrogen) atoms. The predicted octanol–water partition coefficient (Wildman–Crippen LogP) is 2.88. The zero-order valence-electron chi connectivity index (χ0n) is 15.0. The van der Waals surface area contributed by atoms with Crippen LogP contribution in [0.3, 0.4) is 0 Å². The highest BCUT2D eigenvalue weighted by Crippen LogP contribution is 2.27. The molecule has 0 bridgehead atoms. The molecule has 2 rings (SSSR count). The van der Waals surface area contributed by atoms with Gasteiger partial charge in [-0.25, -0.2) is 9.59 Å². The van der Waals surface area contributed by atoms with Crippen LogP contribution in [0.2, 0.25) is 5.02 Å². The normalized spacial score (nSPS) is 16.4. The fourth-order valence-electron chi connectivity index (χ4n) is 2.42. The Kier molecular flexibility index (Phi) is 7.99. The van der Waals surface area contributed by atoms with Crippen molar-refractivity contribution in [1.82, 2.24) is 10.6 Å². The summed E-state index contributed by atoms with van der Waals surface area (Å²) in [6, 6.07) is 6.37. The first-order valence-electron chi connectivity index (χ1n) is 8.43. The van der Waals surface area contributed by atoms with E-state index in [9.17, 15) is 14.4 Å². The quantitative estimate of drug-likeness (QED) is 0.503. The SMILES string of the molecule is CCOC(=O)C1=C(COC(=O)CCSc2ccccc2Cl)NC(=O)NC1C. The summed E-state index contributed by atoms with van der Waals surface area (Å²) in [5.74, 6) is -0.500. The van der Waals surface area contributed by atoms with Crippen LogP contribution in [0.5, 0.6) is 0 Å². The van der Waals surface area contributed by atoms with E-state index in [1.807, 2.05) is 18.2 Å². The van der Waals surface area contributed by atoms with Crippen LogP contribution in [0, 0.1) is 0 Å². The van der Waals surface area contributed by atoms with Crippen LogP contribution >= 0.6 is 23.4 Å². The molecule has 2 N–H and O–H groups in total. The van der Waals surface area contributed by atoms with Gasteiger partial charge in [-0.3, -0.25) is 4.79 Å². The minimum atomic E-state index is -0.558. The standard InChI is InChI=1S/C18H21ClN2O5S/c1-3-25-17(23)16-11(2)20-18(24)21-13(16)10-26-15(22)8-9-27-14-7-5-4-6-12(14)19/h4-7,11H,3,8-10H2,1-2H3,(H2,20,21,24). The number of ether oxygens (including phenoxy) is 2. The smallest absolute Gasteiger partial charge is 0.338 e. The lowest BCUT2D eigenvalue weighted by Crippen LogP contribution is -2.50. The molecule has 2 amide bonds. The summed E-state index contributed by atoms with van der Waals surface area (Å²) in [6.07, 6.45) is 0.166. The van der Waals surface area contributed by atoms with Crippen LogP contribution in [-0.2, 0) is 19.1 Å². The fourth-order valence-corrected chi connectivity index (χ4v) is 3.59. The Hall–Kier alpha value is -2.19. The van der Waals surface area contributed by atoms with Gasteiger partial charge in [-0.15, -0.1) is 11.8 Å². The number of carbonyl (C=O) groups is 3. The molecule has 1 aliphatic rings. The van der Waals surface area contributed by atoms with Crippen molar-refractivity contribution in [1.29, 1.82) is 0 Å². The molecule has 0 saturated heterocycles. The van der Waals surface area contributed by atoms with E-state index in [1.165, 1.54) is 11.8 Å². The van der Waals surface area contributed by atoms with Crippen LogP contribution < -0.4 is 10.6 Å². The third-order valence-electron chi connectivity index (χ3n) is 3.64. The van der Waals surface area contributed by atoms with E-state index in [4.69, 9.17) is 21.1 Å². The molecule has 1 atom stereocenters. The molecule has 0 aromatic heterocycles. The lowest BCUT2D eigenvalue weighted by atomic mass is 10.0. The highest BCUT2D eigenvalue weighted by Gasteiger charge is 2.30. The van der Waals surface area contributed by atoms with Gasteiger partial charge < -0.3 is 20.1 Å². The van der Waals surface area contributed by atoms with Gasteiger partial charge in [0.05, 0.1) is 35.4 Å². The van der Waals surface area contributed by atoms with Crippen LogP contribution in [0.4, 0.5) is 4.79 Å². The molecule has 1 heterocycles. The van der Waals surface area contributed by atoms with Crippen molar-refractivity contribution in [3.63, 3.8) is 0 Å². The number of esters is 2. The highest BCUT2D eigenvalue weighted by atomic mass is 35.5. The maximum absolute atomic E-state index is 12.1. The molecule has 0 aliphatic carbocycles. The Morgan fingerprint density at radius 1 is 1.26 bits per heavy atom. The molecule has 0 fully saturated rings. The maximum Gasteiger partial charge on any atom is 0.338 e. The minimum Gasteiger partial charge on any atom is -0.463 e. The molecule has 1 aromatic carbocycles. The van der Waals surface area contributed by atoms with Gasteiger partial charge in [0.2, 0.25) is 0 Å². The lowest BCUT2D eigenvalue weighted by molar-refractivity contribution is -0.143. The molecule has 0 spiro atoms. The van der Waals surface area contributed by atoms with Crippen molar-refractivity contribution in [2.75, 3.05) is 19.0 Å². The van der Waals surface area contributed by atoms with E-state index >= 15 is 0 Å². The van der Waals surface area contributed by atoms with E-state index in [-0.39, 0.29) is 30.9 Å². The molecule has 1 aliphatic heterocycles. The van der Waals surface area contributed by atoms with Gasteiger partial charge in [-0.2, -0.15) is 0 Å². The van der Waals surface area contributed by atoms with Gasteiger partial charge in [0.25, 0.3) is 0 Å². The second-order valence-electron chi connectivity index (χ2n) is 5.62. The van der Waals surface area contributed by atoms with Crippen molar-refractivity contribution in [3.8, 4) is 0 Å². The van der Waals surface area contributed by atoms with Crippen LogP contribution in [0.1, 0.15) is 20.3 Å². The number of benzene rings is 1. The summed E-state index contributed by atoms with van der Waals surface area (Å²) in [5.41, 5.74) is 0.478. The number of hydrogen-bond acceptors (Lipinski definition) is 6. The summed E-state index contributed by atoms with van der Waals surface area (Å²) in [7, 11) is 0. The average molecular weight is 413 g/mol. The van der Waals surface area contributed by atoms with E-state index in [0.717, 1.165) is 4.90 Å².